The zero-order valence-electron chi connectivity index (χ0n) is 9.32. The van der Waals surface area contributed by atoms with Crippen molar-refractivity contribution in [3.63, 3.8) is 0 Å². The molecule has 0 amide bonds. The molecule has 10 heteroatoms. The van der Waals surface area contributed by atoms with E-state index >= 15 is 0 Å². The number of hydrogen-bond acceptors (Lipinski definition) is 6. The summed E-state index contributed by atoms with van der Waals surface area (Å²) >= 11 is 0. The van der Waals surface area contributed by atoms with Gasteiger partial charge in [0, 0.05) is 11.9 Å². The van der Waals surface area contributed by atoms with E-state index in [4.69, 9.17) is 23.8 Å². The Morgan fingerprint density at radius 2 is 1.35 bits per heavy atom. The van der Waals surface area contributed by atoms with Crippen LogP contribution in [-0.4, -0.2) is 27.6 Å². The van der Waals surface area contributed by atoms with Crippen LogP contribution in [0.3, 0.4) is 0 Å². The van der Waals surface area contributed by atoms with E-state index in [1.807, 2.05) is 0 Å². The quantitative estimate of drug-likeness (QED) is 0.307. The fourth-order valence-corrected chi connectivity index (χ4v) is 1.17. The van der Waals surface area contributed by atoms with Crippen LogP contribution in [-0.2, 0) is 20.1 Å². The summed E-state index contributed by atoms with van der Waals surface area (Å²) in [6, 6.07) is 5.70. The van der Waals surface area contributed by atoms with Crippen molar-refractivity contribution in [2.45, 2.75) is 4.90 Å². The van der Waals surface area contributed by atoms with E-state index in [-0.39, 0.29) is 34.5 Å². The third-order valence-corrected chi connectivity index (χ3v) is 2.14. The topological polar surface area (TPSA) is 143 Å². The summed E-state index contributed by atoms with van der Waals surface area (Å²) in [5.41, 5.74) is 5.85. The minimum absolute atomic E-state index is 0. The van der Waals surface area contributed by atoms with Gasteiger partial charge in [-0.25, -0.2) is 22.0 Å². The van der Waals surface area contributed by atoms with E-state index in [0.717, 1.165) is 0 Å². The molecule has 0 saturated carbocycles. The SMILES string of the molecule is CS(=O)(=O)[O-].Nc1ccc(S(N)(=O)=O)cc1.[Na+]. The van der Waals surface area contributed by atoms with Crippen molar-refractivity contribution in [2.24, 2.45) is 5.14 Å². The van der Waals surface area contributed by atoms with E-state index in [2.05, 4.69) is 0 Å². The summed E-state index contributed by atoms with van der Waals surface area (Å²) in [6.07, 6.45) is 0.604. The van der Waals surface area contributed by atoms with E-state index in [0.29, 0.717) is 11.9 Å². The Labute approximate surface area is 122 Å². The number of nitrogen functional groups attached to an aromatic ring is 1. The molecule has 1 rings (SSSR count). The van der Waals surface area contributed by atoms with Gasteiger partial charge in [0.1, 0.15) is 0 Å². The Hall–Kier alpha value is -0.160. The third-order valence-electron chi connectivity index (χ3n) is 1.21. The molecule has 0 fully saturated rings. The van der Waals surface area contributed by atoms with Gasteiger partial charge in [0.25, 0.3) is 0 Å². The van der Waals surface area contributed by atoms with Crippen molar-refractivity contribution >= 4 is 25.8 Å². The van der Waals surface area contributed by atoms with Crippen molar-refractivity contribution < 1.29 is 50.9 Å². The molecule has 0 bridgehead atoms. The molecule has 0 aromatic heterocycles. The van der Waals surface area contributed by atoms with Crippen LogP contribution in [0.15, 0.2) is 29.2 Å². The average molecular weight is 290 g/mol. The molecule has 0 saturated heterocycles. The minimum Gasteiger partial charge on any atom is -0.748 e. The smallest absolute Gasteiger partial charge is 0.748 e. The maximum absolute atomic E-state index is 10.7. The monoisotopic (exact) mass is 290 g/mol. The fourth-order valence-electron chi connectivity index (χ4n) is 0.658. The van der Waals surface area contributed by atoms with Gasteiger partial charge in [-0.15, -0.1) is 0 Å². The Balaban J connectivity index is 0. The molecule has 0 aliphatic heterocycles. The standard InChI is InChI=1S/C6H8N2O2S.CH4O3S.Na/c7-5-1-3-6(4-2-5)11(8,9)10;1-5(2,3)4;/h1-4H,7H2,(H2,8,9,10);1H3,(H,2,3,4);/q;;+1/p-1. The fraction of sp³-hybridized carbons (Fsp3) is 0.143. The number of rotatable bonds is 1. The van der Waals surface area contributed by atoms with Crippen molar-refractivity contribution in [1.29, 1.82) is 0 Å². The Morgan fingerprint density at radius 1 is 1.06 bits per heavy atom. The van der Waals surface area contributed by atoms with Crippen LogP contribution in [0, 0.1) is 0 Å². The predicted molar refractivity (Wildman–Crippen MR) is 57.8 cm³/mol. The first-order chi connectivity index (χ1) is 7.00. The third kappa shape index (κ3) is 12.1. The number of anilines is 1. The molecule has 0 radical (unpaired) electrons. The van der Waals surface area contributed by atoms with Crippen LogP contribution < -0.4 is 40.4 Å². The van der Waals surface area contributed by atoms with Gasteiger partial charge in [-0.1, -0.05) is 0 Å². The van der Waals surface area contributed by atoms with Gasteiger partial charge < -0.3 is 10.3 Å². The molecule has 0 atom stereocenters. The molecular weight excluding hydrogens is 279 g/mol. The number of benzene rings is 1. The van der Waals surface area contributed by atoms with Crippen molar-refractivity contribution in [3.05, 3.63) is 24.3 Å². The second kappa shape index (κ2) is 7.31. The number of sulfonamides is 1. The van der Waals surface area contributed by atoms with E-state index in [1.165, 1.54) is 24.3 Å². The summed E-state index contributed by atoms with van der Waals surface area (Å²) in [6.45, 7) is 0. The van der Waals surface area contributed by atoms with Crippen LogP contribution >= 0.6 is 0 Å². The largest absolute Gasteiger partial charge is 1.00 e. The van der Waals surface area contributed by atoms with Gasteiger partial charge >= 0.3 is 29.6 Å². The average Bonchev–Trinajstić information content (AvgIpc) is 1.99. The number of hydrogen-bond donors (Lipinski definition) is 2. The summed E-state index contributed by atoms with van der Waals surface area (Å²) < 4.78 is 48.6. The van der Waals surface area contributed by atoms with Crippen LogP contribution in [0.4, 0.5) is 5.69 Å². The molecule has 92 valence electrons. The van der Waals surface area contributed by atoms with Crippen LogP contribution in [0.25, 0.3) is 0 Å². The Kier molecular flexibility index (Phi) is 8.25. The summed E-state index contributed by atoms with van der Waals surface area (Å²) in [7, 11) is -7.49. The van der Waals surface area contributed by atoms with E-state index < -0.39 is 20.1 Å². The summed E-state index contributed by atoms with van der Waals surface area (Å²) in [5.74, 6) is 0. The normalized spacial score (nSPS) is 10.8. The van der Waals surface area contributed by atoms with E-state index in [1.54, 1.807) is 0 Å². The molecule has 0 heterocycles. The Bertz CT molecular complexity index is 530. The number of nitrogens with two attached hydrogens (primary N) is 2. The van der Waals surface area contributed by atoms with E-state index in [9.17, 15) is 8.42 Å². The van der Waals surface area contributed by atoms with Gasteiger partial charge in [0.2, 0.25) is 10.0 Å². The first-order valence-electron chi connectivity index (χ1n) is 3.79. The molecule has 4 N–H and O–H groups in total. The van der Waals surface area contributed by atoms with Crippen molar-refractivity contribution in [1.82, 2.24) is 0 Å². The van der Waals surface area contributed by atoms with Crippen LogP contribution in [0.5, 0.6) is 0 Å². The van der Waals surface area contributed by atoms with Gasteiger partial charge in [-0.2, -0.15) is 0 Å². The van der Waals surface area contributed by atoms with Gasteiger partial charge in [0.15, 0.2) is 0 Å². The first kappa shape index (κ1) is 19.2. The molecular formula is C7H11N2NaO5S2. The number of primary sulfonamides is 1. The second-order valence-electron chi connectivity index (χ2n) is 2.82. The minimum atomic E-state index is -3.92. The molecule has 0 spiro atoms. The second-order valence-corrected chi connectivity index (χ2v) is 5.79. The zero-order chi connectivity index (χ0) is 13.0. The van der Waals surface area contributed by atoms with Crippen LogP contribution in [0.2, 0.25) is 0 Å². The molecule has 0 aliphatic rings. The predicted octanol–water partition coefficient (Wildman–Crippen LogP) is -3.92. The summed E-state index contributed by atoms with van der Waals surface area (Å²) in [4.78, 5) is 0.0756. The van der Waals surface area contributed by atoms with Crippen LogP contribution in [0.1, 0.15) is 0 Å². The maximum Gasteiger partial charge on any atom is 1.00 e. The molecule has 1 aromatic carbocycles. The van der Waals surface area contributed by atoms with Gasteiger partial charge in [-0.05, 0) is 24.3 Å². The van der Waals surface area contributed by atoms with Gasteiger partial charge in [-0.3, -0.25) is 0 Å². The molecule has 0 unspecified atom stereocenters. The zero-order valence-corrected chi connectivity index (χ0v) is 13.0. The molecule has 0 aliphatic carbocycles. The van der Waals surface area contributed by atoms with Crippen molar-refractivity contribution in [2.75, 3.05) is 12.0 Å². The molecule has 7 nitrogen and oxygen atoms in total. The Morgan fingerprint density at radius 3 is 1.59 bits per heavy atom. The molecule has 1 aromatic rings. The maximum atomic E-state index is 10.7. The summed E-state index contributed by atoms with van der Waals surface area (Å²) in [5, 5.41) is 4.84. The molecule has 17 heavy (non-hydrogen) atoms. The van der Waals surface area contributed by atoms with Gasteiger partial charge in [0.05, 0.1) is 15.0 Å². The first-order valence-corrected chi connectivity index (χ1v) is 7.15. The van der Waals surface area contributed by atoms with Crippen molar-refractivity contribution in [3.8, 4) is 0 Å².